The fraction of sp³-hybridized carbons (Fsp3) is 0.357. The predicted molar refractivity (Wildman–Crippen MR) is 76.4 cm³/mol. The molecule has 0 aliphatic rings. The average Bonchev–Trinajstić information content (AvgIpc) is 2.34. The number of rotatable bonds is 5. The molecule has 1 heterocycles. The van der Waals surface area contributed by atoms with Crippen molar-refractivity contribution in [3.8, 4) is 5.75 Å². The average molecular weight is 265 g/mol. The third-order valence-corrected chi connectivity index (χ3v) is 3.04. The van der Waals surface area contributed by atoms with Crippen molar-refractivity contribution in [2.75, 3.05) is 11.9 Å². The lowest BCUT2D eigenvalue weighted by atomic mass is 10.1. The Morgan fingerprint density at radius 1 is 1.39 bits per heavy atom. The molecular weight excluding hydrogens is 248 g/mol. The van der Waals surface area contributed by atoms with E-state index in [1.165, 1.54) is 0 Å². The zero-order chi connectivity index (χ0) is 13.0. The Bertz CT molecular complexity index is 528. The van der Waals surface area contributed by atoms with Gasteiger partial charge in [-0.05, 0) is 43.4 Å². The van der Waals surface area contributed by atoms with Gasteiger partial charge in [0.05, 0.1) is 0 Å². The minimum absolute atomic E-state index is 0.205. The Morgan fingerprint density at radius 2 is 2.22 bits per heavy atom. The normalized spacial score (nSPS) is 12.6. The zero-order valence-corrected chi connectivity index (χ0v) is 11.1. The first-order valence-electron chi connectivity index (χ1n) is 6.12. The lowest BCUT2D eigenvalue weighted by Gasteiger charge is -2.09. The Morgan fingerprint density at radius 3 is 3.00 bits per heavy atom. The van der Waals surface area contributed by atoms with Crippen molar-refractivity contribution in [1.29, 1.82) is 0 Å². The van der Waals surface area contributed by atoms with Gasteiger partial charge < -0.3 is 10.4 Å². The minimum atomic E-state index is 0.205. The molecule has 0 aliphatic heterocycles. The van der Waals surface area contributed by atoms with Gasteiger partial charge in [-0.25, -0.2) is 4.98 Å². The van der Waals surface area contributed by atoms with Crippen LogP contribution in [-0.4, -0.2) is 22.0 Å². The molecule has 0 bridgehead atoms. The number of halogens is 1. The van der Waals surface area contributed by atoms with Crippen LogP contribution < -0.4 is 5.32 Å². The molecular formula is C14H17ClN2O. The Labute approximate surface area is 112 Å². The molecule has 2 N–H and O–H groups in total. The van der Waals surface area contributed by atoms with Crippen molar-refractivity contribution in [3.63, 3.8) is 0 Å². The number of nitrogens with one attached hydrogen (secondary N) is 1. The second-order valence-electron chi connectivity index (χ2n) is 4.41. The maximum Gasteiger partial charge on any atom is 0.133 e. The van der Waals surface area contributed by atoms with E-state index in [0.29, 0.717) is 0 Å². The molecule has 1 atom stereocenters. The first-order chi connectivity index (χ1) is 8.66. The topological polar surface area (TPSA) is 45.2 Å². The summed E-state index contributed by atoms with van der Waals surface area (Å²) in [6.07, 6.45) is 3.75. The minimum Gasteiger partial charge on any atom is -0.508 e. The number of phenols is 1. The van der Waals surface area contributed by atoms with Crippen molar-refractivity contribution >= 4 is 28.2 Å². The number of aromatic nitrogens is 1. The Hall–Kier alpha value is -1.48. The van der Waals surface area contributed by atoms with Gasteiger partial charge in [-0.1, -0.05) is 6.07 Å². The zero-order valence-electron chi connectivity index (χ0n) is 10.4. The van der Waals surface area contributed by atoms with Crippen LogP contribution in [0.1, 0.15) is 19.8 Å². The molecule has 4 heteroatoms. The fourth-order valence-corrected chi connectivity index (χ4v) is 2.04. The van der Waals surface area contributed by atoms with Crippen LogP contribution in [0.2, 0.25) is 0 Å². The second-order valence-corrected chi connectivity index (χ2v) is 5.16. The highest BCUT2D eigenvalue weighted by molar-refractivity contribution is 6.20. The summed E-state index contributed by atoms with van der Waals surface area (Å²) in [6.45, 7) is 2.83. The summed E-state index contributed by atoms with van der Waals surface area (Å²) in [7, 11) is 0. The van der Waals surface area contributed by atoms with E-state index in [0.717, 1.165) is 36.0 Å². The summed E-state index contributed by atoms with van der Waals surface area (Å²) in [4.78, 5) is 4.31. The Kier molecular flexibility index (Phi) is 4.26. The first kappa shape index (κ1) is 13.0. The summed E-state index contributed by atoms with van der Waals surface area (Å²) in [5.41, 5.74) is 0. The summed E-state index contributed by atoms with van der Waals surface area (Å²) in [5, 5.41) is 15.0. The maximum absolute atomic E-state index is 9.53. The van der Waals surface area contributed by atoms with Crippen LogP contribution in [0.15, 0.2) is 30.5 Å². The number of hydrogen-bond acceptors (Lipinski definition) is 3. The quantitative estimate of drug-likeness (QED) is 0.638. The van der Waals surface area contributed by atoms with Gasteiger partial charge in [-0.15, -0.1) is 11.6 Å². The fourth-order valence-electron chi connectivity index (χ4n) is 1.89. The molecule has 18 heavy (non-hydrogen) atoms. The van der Waals surface area contributed by atoms with Gasteiger partial charge in [-0.3, -0.25) is 0 Å². The summed E-state index contributed by atoms with van der Waals surface area (Å²) < 4.78 is 0. The van der Waals surface area contributed by atoms with E-state index in [4.69, 9.17) is 11.6 Å². The highest BCUT2D eigenvalue weighted by atomic mass is 35.5. The van der Waals surface area contributed by atoms with Crippen LogP contribution in [0, 0.1) is 0 Å². The molecule has 0 aliphatic carbocycles. The highest BCUT2D eigenvalue weighted by Gasteiger charge is 2.03. The number of nitrogens with zero attached hydrogens (tertiary/aromatic N) is 1. The van der Waals surface area contributed by atoms with Gasteiger partial charge in [0, 0.05) is 23.5 Å². The van der Waals surface area contributed by atoms with E-state index in [1.54, 1.807) is 18.3 Å². The van der Waals surface area contributed by atoms with Gasteiger partial charge in [0.2, 0.25) is 0 Å². The molecule has 1 aromatic heterocycles. The smallest absolute Gasteiger partial charge is 0.133 e. The van der Waals surface area contributed by atoms with Gasteiger partial charge >= 0.3 is 0 Å². The molecule has 96 valence electrons. The van der Waals surface area contributed by atoms with Crippen LogP contribution >= 0.6 is 11.6 Å². The van der Waals surface area contributed by atoms with Gasteiger partial charge in [0.25, 0.3) is 0 Å². The molecule has 0 amide bonds. The number of pyridine rings is 1. The first-order valence-corrected chi connectivity index (χ1v) is 6.56. The number of benzene rings is 1. The number of phenolic OH excluding ortho intramolecular Hbond substituents is 1. The van der Waals surface area contributed by atoms with Crippen molar-refractivity contribution in [2.45, 2.75) is 25.1 Å². The van der Waals surface area contributed by atoms with E-state index in [-0.39, 0.29) is 11.1 Å². The SMILES string of the molecule is CC(Cl)CCCNc1nccc2ccc(O)cc12. The molecule has 1 aromatic carbocycles. The van der Waals surface area contributed by atoms with Crippen molar-refractivity contribution in [3.05, 3.63) is 30.5 Å². The molecule has 3 nitrogen and oxygen atoms in total. The number of alkyl halides is 1. The van der Waals surface area contributed by atoms with Gasteiger partial charge in [0.15, 0.2) is 0 Å². The van der Waals surface area contributed by atoms with E-state index in [2.05, 4.69) is 10.3 Å². The lowest BCUT2D eigenvalue weighted by Crippen LogP contribution is -2.05. The number of fused-ring (bicyclic) bond motifs is 1. The Balaban J connectivity index is 2.10. The molecule has 2 aromatic rings. The summed E-state index contributed by atoms with van der Waals surface area (Å²) >= 11 is 5.90. The standard InChI is InChI=1S/C14H17ClN2O/c1-10(15)3-2-7-16-14-13-9-12(18)5-4-11(13)6-8-17-14/h4-6,8-10,18H,2-3,7H2,1H3,(H,16,17). The molecule has 0 saturated carbocycles. The third-order valence-electron chi connectivity index (χ3n) is 2.82. The third kappa shape index (κ3) is 3.26. The summed E-state index contributed by atoms with van der Waals surface area (Å²) in [5.74, 6) is 1.07. The van der Waals surface area contributed by atoms with Crippen LogP contribution in [0.3, 0.4) is 0 Å². The highest BCUT2D eigenvalue weighted by Crippen LogP contribution is 2.25. The molecule has 1 unspecified atom stereocenters. The van der Waals surface area contributed by atoms with Crippen LogP contribution in [0.4, 0.5) is 5.82 Å². The van der Waals surface area contributed by atoms with E-state index in [1.807, 2.05) is 19.1 Å². The maximum atomic E-state index is 9.53. The predicted octanol–water partition coefficient (Wildman–Crippen LogP) is 3.76. The van der Waals surface area contributed by atoms with Crippen LogP contribution in [-0.2, 0) is 0 Å². The number of hydrogen-bond donors (Lipinski definition) is 2. The van der Waals surface area contributed by atoms with Crippen molar-refractivity contribution in [2.24, 2.45) is 0 Å². The van der Waals surface area contributed by atoms with E-state index >= 15 is 0 Å². The molecule has 2 rings (SSSR count). The molecule has 0 spiro atoms. The van der Waals surface area contributed by atoms with Gasteiger partial charge in [0.1, 0.15) is 11.6 Å². The number of aromatic hydroxyl groups is 1. The van der Waals surface area contributed by atoms with Crippen LogP contribution in [0.5, 0.6) is 5.75 Å². The van der Waals surface area contributed by atoms with E-state index < -0.39 is 0 Å². The molecule has 0 fully saturated rings. The second kappa shape index (κ2) is 5.91. The largest absolute Gasteiger partial charge is 0.508 e. The van der Waals surface area contributed by atoms with Gasteiger partial charge in [-0.2, -0.15) is 0 Å². The monoisotopic (exact) mass is 264 g/mol. The lowest BCUT2D eigenvalue weighted by molar-refractivity contribution is 0.476. The van der Waals surface area contributed by atoms with E-state index in [9.17, 15) is 5.11 Å². The molecule has 0 saturated heterocycles. The summed E-state index contributed by atoms with van der Waals surface area (Å²) in [6, 6.07) is 7.23. The van der Waals surface area contributed by atoms with Crippen molar-refractivity contribution in [1.82, 2.24) is 4.98 Å². The van der Waals surface area contributed by atoms with Crippen LogP contribution in [0.25, 0.3) is 10.8 Å². The molecule has 0 radical (unpaired) electrons. The van der Waals surface area contributed by atoms with Crippen molar-refractivity contribution < 1.29 is 5.11 Å². The number of anilines is 1.